The van der Waals surface area contributed by atoms with E-state index in [9.17, 15) is 9.59 Å². The zero-order valence-corrected chi connectivity index (χ0v) is 16.1. The van der Waals surface area contributed by atoms with Gasteiger partial charge in [0, 0.05) is 34.0 Å². The first-order valence-corrected chi connectivity index (χ1v) is 9.88. The van der Waals surface area contributed by atoms with Gasteiger partial charge in [-0.15, -0.1) is 11.8 Å². The van der Waals surface area contributed by atoms with Crippen molar-refractivity contribution in [3.8, 4) is 11.4 Å². The molecule has 0 fully saturated rings. The molecule has 28 heavy (non-hydrogen) atoms. The fourth-order valence-electron chi connectivity index (χ4n) is 2.68. The third-order valence-electron chi connectivity index (χ3n) is 4.03. The summed E-state index contributed by atoms with van der Waals surface area (Å²) < 4.78 is 5.21. The van der Waals surface area contributed by atoms with Crippen LogP contribution >= 0.6 is 23.4 Å². The molecule has 0 unspecified atom stereocenters. The van der Waals surface area contributed by atoms with Gasteiger partial charge in [0.15, 0.2) is 0 Å². The van der Waals surface area contributed by atoms with E-state index in [2.05, 4.69) is 20.8 Å². The highest BCUT2D eigenvalue weighted by Crippen LogP contribution is 2.33. The van der Waals surface area contributed by atoms with Crippen molar-refractivity contribution in [2.45, 2.75) is 17.7 Å². The standard InChI is InChI=1S/C19H15ClN4O3S/c20-12-3-1-11(2-4-12)19-23-18(27-24-19)8-7-16(25)21-13-5-6-15-14(9-13)22-17(26)10-28-15/h1-6,9H,7-8,10H2,(H,21,25)(H,22,26). The van der Waals surface area contributed by atoms with E-state index >= 15 is 0 Å². The summed E-state index contributed by atoms with van der Waals surface area (Å²) in [6.45, 7) is 0. The first-order chi connectivity index (χ1) is 13.6. The van der Waals surface area contributed by atoms with E-state index in [0.717, 1.165) is 10.5 Å². The molecule has 0 saturated heterocycles. The quantitative estimate of drug-likeness (QED) is 0.654. The lowest BCUT2D eigenvalue weighted by atomic mass is 10.2. The van der Waals surface area contributed by atoms with Gasteiger partial charge in [-0.05, 0) is 42.5 Å². The largest absolute Gasteiger partial charge is 0.339 e. The van der Waals surface area contributed by atoms with Crippen molar-refractivity contribution >= 4 is 46.6 Å². The van der Waals surface area contributed by atoms with E-state index in [0.29, 0.717) is 40.3 Å². The lowest BCUT2D eigenvalue weighted by molar-refractivity contribution is -0.116. The molecule has 2 N–H and O–H groups in total. The normalized spacial score (nSPS) is 13.0. The maximum absolute atomic E-state index is 12.2. The second-order valence-electron chi connectivity index (χ2n) is 6.11. The number of amides is 2. The van der Waals surface area contributed by atoms with E-state index in [1.54, 1.807) is 30.3 Å². The molecule has 1 aromatic heterocycles. The van der Waals surface area contributed by atoms with E-state index in [1.165, 1.54) is 11.8 Å². The predicted octanol–water partition coefficient (Wildman–Crippen LogP) is 4.01. The van der Waals surface area contributed by atoms with E-state index in [-0.39, 0.29) is 18.2 Å². The van der Waals surface area contributed by atoms with Crippen LogP contribution in [0, 0.1) is 0 Å². The Bertz CT molecular complexity index is 1040. The Morgan fingerprint density at radius 2 is 2.07 bits per heavy atom. The first kappa shape index (κ1) is 18.5. The molecule has 0 bridgehead atoms. The summed E-state index contributed by atoms with van der Waals surface area (Å²) in [5.41, 5.74) is 2.13. The van der Waals surface area contributed by atoms with Gasteiger partial charge in [-0.25, -0.2) is 0 Å². The predicted molar refractivity (Wildman–Crippen MR) is 107 cm³/mol. The van der Waals surface area contributed by atoms with Gasteiger partial charge in [-0.1, -0.05) is 16.8 Å². The van der Waals surface area contributed by atoms with E-state index in [4.69, 9.17) is 16.1 Å². The summed E-state index contributed by atoms with van der Waals surface area (Å²) in [4.78, 5) is 29.0. The van der Waals surface area contributed by atoms with Crippen LogP contribution < -0.4 is 10.6 Å². The van der Waals surface area contributed by atoms with E-state index < -0.39 is 0 Å². The number of carbonyl (C=O) groups is 2. The number of hydrogen-bond acceptors (Lipinski definition) is 6. The van der Waals surface area contributed by atoms with Gasteiger partial charge in [0.25, 0.3) is 0 Å². The molecule has 0 radical (unpaired) electrons. The average molecular weight is 415 g/mol. The Kier molecular flexibility index (Phi) is 5.31. The van der Waals surface area contributed by atoms with Gasteiger partial charge < -0.3 is 15.2 Å². The maximum atomic E-state index is 12.2. The molecule has 2 amide bonds. The summed E-state index contributed by atoms with van der Waals surface area (Å²) in [5, 5.41) is 10.2. The number of aromatic nitrogens is 2. The minimum atomic E-state index is -0.180. The van der Waals surface area contributed by atoms with E-state index in [1.807, 2.05) is 12.1 Å². The molecule has 9 heteroatoms. The minimum absolute atomic E-state index is 0.0474. The first-order valence-electron chi connectivity index (χ1n) is 8.52. The highest BCUT2D eigenvalue weighted by atomic mass is 35.5. The number of benzene rings is 2. The Morgan fingerprint density at radius 3 is 2.89 bits per heavy atom. The van der Waals surface area contributed by atoms with Crippen LogP contribution in [0.1, 0.15) is 12.3 Å². The Morgan fingerprint density at radius 1 is 1.25 bits per heavy atom. The lowest BCUT2D eigenvalue weighted by Crippen LogP contribution is -2.19. The van der Waals surface area contributed by atoms with Gasteiger partial charge in [0.05, 0.1) is 11.4 Å². The summed E-state index contributed by atoms with van der Waals surface area (Å²) >= 11 is 7.34. The monoisotopic (exact) mass is 414 g/mol. The lowest BCUT2D eigenvalue weighted by Gasteiger charge is -2.17. The molecule has 1 aliphatic heterocycles. The van der Waals surface area contributed by atoms with Crippen molar-refractivity contribution in [1.82, 2.24) is 10.1 Å². The van der Waals surface area contributed by atoms with Crippen LogP contribution in [0.15, 0.2) is 51.9 Å². The fourth-order valence-corrected chi connectivity index (χ4v) is 3.59. The number of aryl methyl sites for hydroxylation is 1. The number of hydrogen-bond donors (Lipinski definition) is 2. The molecule has 2 heterocycles. The topological polar surface area (TPSA) is 97.1 Å². The number of carbonyl (C=O) groups excluding carboxylic acids is 2. The smallest absolute Gasteiger partial charge is 0.234 e. The molecule has 4 rings (SSSR count). The van der Waals surface area contributed by atoms with Gasteiger partial charge in [-0.3, -0.25) is 9.59 Å². The zero-order valence-electron chi connectivity index (χ0n) is 14.6. The molecule has 0 atom stereocenters. The highest BCUT2D eigenvalue weighted by molar-refractivity contribution is 8.00. The van der Waals surface area contributed by atoms with Crippen LogP contribution in [-0.2, 0) is 16.0 Å². The second-order valence-corrected chi connectivity index (χ2v) is 7.57. The Hall–Kier alpha value is -2.84. The summed E-state index contributed by atoms with van der Waals surface area (Å²) in [6, 6.07) is 12.5. The molecule has 3 aromatic rings. The van der Waals surface area contributed by atoms with Gasteiger partial charge in [0.2, 0.25) is 23.5 Å². The molecule has 0 aliphatic carbocycles. The van der Waals surface area contributed by atoms with Crippen molar-refractivity contribution in [2.24, 2.45) is 0 Å². The van der Waals surface area contributed by atoms with Crippen LogP contribution in [0.2, 0.25) is 5.02 Å². The van der Waals surface area contributed by atoms with Crippen molar-refractivity contribution in [1.29, 1.82) is 0 Å². The molecule has 0 spiro atoms. The molecule has 2 aromatic carbocycles. The Balaban J connectivity index is 1.34. The number of rotatable bonds is 5. The third kappa shape index (κ3) is 4.35. The van der Waals surface area contributed by atoms with Crippen LogP contribution in [0.4, 0.5) is 11.4 Å². The molecule has 142 valence electrons. The zero-order chi connectivity index (χ0) is 19.5. The second kappa shape index (κ2) is 8.04. The van der Waals surface area contributed by atoms with Crippen molar-refractivity contribution < 1.29 is 14.1 Å². The number of halogens is 1. The fraction of sp³-hybridized carbons (Fsp3) is 0.158. The molecule has 0 saturated carbocycles. The van der Waals surface area contributed by atoms with Crippen molar-refractivity contribution in [3.05, 3.63) is 53.4 Å². The molecular weight excluding hydrogens is 400 g/mol. The van der Waals surface area contributed by atoms with Crippen LogP contribution in [-0.4, -0.2) is 27.7 Å². The van der Waals surface area contributed by atoms with Crippen LogP contribution in [0.25, 0.3) is 11.4 Å². The van der Waals surface area contributed by atoms with Crippen molar-refractivity contribution in [2.75, 3.05) is 16.4 Å². The van der Waals surface area contributed by atoms with Crippen LogP contribution in [0.5, 0.6) is 0 Å². The summed E-state index contributed by atoms with van der Waals surface area (Å²) in [5.74, 6) is 1.01. The number of anilines is 2. The number of fused-ring (bicyclic) bond motifs is 1. The van der Waals surface area contributed by atoms with Crippen LogP contribution in [0.3, 0.4) is 0 Å². The van der Waals surface area contributed by atoms with Gasteiger partial charge >= 0.3 is 0 Å². The van der Waals surface area contributed by atoms with Crippen molar-refractivity contribution in [3.63, 3.8) is 0 Å². The summed E-state index contributed by atoms with van der Waals surface area (Å²) in [7, 11) is 0. The number of thioether (sulfide) groups is 1. The summed E-state index contributed by atoms with van der Waals surface area (Å²) in [6.07, 6.45) is 0.518. The SMILES string of the molecule is O=C(CCc1nc(-c2ccc(Cl)cc2)no1)Nc1ccc2c(c1)NC(=O)CS2. The number of nitrogens with zero attached hydrogens (tertiary/aromatic N) is 2. The molecule has 1 aliphatic rings. The Labute approximate surface area is 169 Å². The maximum Gasteiger partial charge on any atom is 0.234 e. The highest BCUT2D eigenvalue weighted by Gasteiger charge is 2.16. The molecular formula is C19H15ClN4O3S. The van der Waals surface area contributed by atoms with Gasteiger partial charge in [-0.2, -0.15) is 4.98 Å². The number of nitrogens with one attached hydrogen (secondary N) is 2. The molecule has 7 nitrogen and oxygen atoms in total. The van der Waals surface area contributed by atoms with Gasteiger partial charge in [0.1, 0.15) is 0 Å². The third-order valence-corrected chi connectivity index (χ3v) is 5.36. The minimum Gasteiger partial charge on any atom is -0.339 e. The average Bonchev–Trinajstić information content (AvgIpc) is 3.16.